The molecule has 0 aliphatic heterocycles. The lowest BCUT2D eigenvalue weighted by Gasteiger charge is -2.14. The van der Waals surface area contributed by atoms with Gasteiger partial charge in [-0.2, -0.15) is 0 Å². The number of methoxy groups -OCH3 is 3. The molecule has 0 fully saturated rings. The van der Waals surface area contributed by atoms with Crippen molar-refractivity contribution in [3.05, 3.63) is 71.2 Å². The number of rotatable bonds is 11. The predicted molar refractivity (Wildman–Crippen MR) is 135 cm³/mol. The number of aryl methyl sites for hydroxylation is 1. The SMILES string of the molecule is CO/C(C)=C(/C=C\CCOc1nnc(NC(=O)c2cnc(C)cc2-c2c(F)cccc2OC)s1)OC. The molecule has 11 heteroatoms. The first-order chi connectivity index (χ1) is 17.4. The Balaban J connectivity index is 1.69. The summed E-state index contributed by atoms with van der Waals surface area (Å²) in [4.78, 5) is 17.3. The molecule has 1 N–H and O–H groups in total. The van der Waals surface area contributed by atoms with Crippen molar-refractivity contribution in [2.75, 3.05) is 33.3 Å². The number of pyridine rings is 1. The first kappa shape index (κ1) is 26.6. The van der Waals surface area contributed by atoms with Gasteiger partial charge in [-0.3, -0.25) is 15.1 Å². The molecule has 9 nitrogen and oxygen atoms in total. The molecule has 0 aliphatic rings. The van der Waals surface area contributed by atoms with E-state index in [1.165, 1.54) is 25.4 Å². The van der Waals surface area contributed by atoms with Gasteiger partial charge in [0.2, 0.25) is 5.13 Å². The number of aromatic nitrogens is 3. The number of halogens is 1. The monoisotopic (exact) mass is 514 g/mol. The molecule has 0 aliphatic carbocycles. The highest BCUT2D eigenvalue weighted by Crippen LogP contribution is 2.35. The molecule has 0 saturated heterocycles. The van der Waals surface area contributed by atoms with Crippen LogP contribution in [-0.2, 0) is 9.47 Å². The van der Waals surface area contributed by atoms with Crippen LogP contribution >= 0.6 is 11.3 Å². The largest absolute Gasteiger partial charge is 0.498 e. The average Bonchev–Trinajstić information content (AvgIpc) is 3.32. The van der Waals surface area contributed by atoms with Gasteiger partial charge in [0.25, 0.3) is 11.1 Å². The molecule has 0 bridgehead atoms. The summed E-state index contributed by atoms with van der Waals surface area (Å²) in [5.74, 6) is 0.567. The second kappa shape index (κ2) is 12.6. The van der Waals surface area contributed by atoms with Gasteiger partial charge < -0.3 is 18.9 Å². The zero-order chi connectivity index (χ0) is 26.1. The van der Waals surface area contributed by atoms with E-state index in [1.54, 1.807) is 46.3 Å². The first-order valence-corrected chi connectivity index (χ1v) is 11.7. The third kappa shape index (κ3) is 6.57. The fourth-order valence-corrected chi connectivity index (χ4v) is 3.82. The third-order valence-electron chi connectivity index (χ3n) is 5.03. The zero-order valence-corrected chi connectivity index (χ0v) is 21.4. The Kier molecular flexibility index (Phi) is 9.34. The molecule has 36 heavy (non-hydrogen) atoms. The maximum absolute atomic E-state index is 14.7. The minimum Gasteiger partial charge on any atom is -0.498 e. The summed E-state index contributed by atoms with van der Waals surface area (Å²) < 4.78 is 36.0. The number of nitrogens with zero attached hydrogens (tertiary/aromatic N) is 3. The van der Waals surface area contributed by atoms with Crippen LogP contribution in [0.2, 0.25) is 0 Å². The number of carbonyl (C=O) groups excluding carboxylic acids is 1. The highest BCUT2D eigenvalue weighted by molar-refractivity contribution is 7.17. The standard InChI is InChI=1S/C25H27FN4O5S/c1-15-13-17(22-19(26)9-8-11-21(22)34-5)18(14-27-15)23(31)28-24-29-30-25(36-24)35-12-7-6-10-20(33-4)16(2)32-3/h6,8-11,13-14H,7,12H2,1-5H3,(H,28,29,31)/b10-6-,20-16-. The normalized spacial score (nSPS) is 11.7. The lowest BCUT2D eigenvalue weighted by Crippen LogP contribution is -2.14. The molecular formula is C25H27FN4O5S. The Labute approximate surface area is 212 Å². The molecule has 3 aromatic rings. The van der Waals surface area contributed by atoms with Crippen LogP contribution in [0.25, 0.3) is 11.1 Å². The van der Waals surface area contributed by atoms with E-state index in [0.717, 1.165) is 11.3 Å². The second-order valence-corrected chi connectivity index (χ2v) is 8.32. The third-order valence-corrected chi connectivity index (χ3v) is 5.78. The summed E-state index contributed by atoms with van der Waals surface area (Å²) >= 11 is 1.08. The van der Waals surface area contributed by atoms with Crippen LogP contribution in [-0.4, -0.2) is 49.0 Å². The highest BCUT2D eigenvalue weighted by atomic mass is 32.1. The molecule has 0 radical (unpaired) electrons. The Hall–Kier alpha value is -3.99. The number of ether oxygens (including phenoxy) is 4. The molecule has 1 aromatic carbocycles. The van der Waals surface area contributed by atoms with Crippen molar-refractivity contribution < 1.29 is 28.1 Å². The van der Waals surface area contributed by atoms with Crippen LogP contribution < -0.4 is 14.8 Å². The minimum absolute atomic E-state index is 0.167. The molecule has 2 heterocycles. The molecular weight excluding hydrogens is 487 g/mol. The summed E-state index contributed by atoms with van der Waals surface area (Å²) in [5.41, 5.74) is 1.33. The van der Waals surface area contributed by atoms with Gasteiger partial charge in [-0.05, 0) is 55.9 Å². The van der Waals surface area contributed by atoms with Gasteiger partial charge in [-0.25, -0.2) is 4.39 Å². The summed E-state index contributed by atoms with van der Waals surface area (Å²) in [6, 6.07) is 6.11. The first-order valence-electron chi connectivity index (χ1n) is 10.9. The van der Waals surface area contributed by atoms with Crippen LogP contribution in [0.5, 0.6) is 10.9 Å². The second-order valence-electron chi connectivity index (χ2n) is 7.38. The highest BCUT2D eigenvalue weighted by Gasteiger charge is 2.21. The van der Waals surface area contributed by atoms with E-state index in [-0.39, 0.29) is 16.3 Å². The predicted octanol–water partition coefficient (Wildman–Crippen LogP) is 5.16. The van der Waals surface area contributed by atoms with Gasteiger partial charge in [0, 0.05) is 17.5 Å². The van der Waals surface area contributed by atoms with Crippen molar-refractivity contribution in [2.24, 2.45) is 0 Å². The average molecular weight is 515 g/mol. The van der Waals surface area contributed by atoms with Crippen molar-refractivity contribution in [1.82, 2.24) is 15.2 Å². The smallest absolute Gasteiger partial charge is 0.295 e. The number of hydrogen-bond acceptors (Lipinski definition) is 9. The lowest BCUT2D eigenvalue weighted by atomic mass is 9.98. The van der Waals surface area contributed by atoms with Gasteiger partial charge in [0.1, 0.15) is 17.3 Å². The Morgan fingerprint density at radius 1 is 1.19 bits per heavy atom. The Bertz CT molecular complexity index is 1280. The molecule has 0 atom stereocenters. The van der Waals surface area contributed by atoms with Crippen LogP contribution in [0.1, 0.15) is 29.4 Å². The van der Waals surface area contributed by atoms with Crippen LogP contribution in [0.3, 0.4) is 0 Å². The lowest BCUT2D eigenvalue weighted by molar-refractivity contribution is 0.102. The van der Waals surface area contributed by atoms with E-state index in [4.69, 9.17) is 18.9 Å². The Morgan fingerprint density at radius 3 is 2.72 bits per heavy atom. The van der Waals surface area contributed by atoms with Crippen molar-refractivity contribution >= 4 is 22.4 Å². The summed E-state index contributed by atoms with van der Waals surface area (Å²) in [6.07, 6.45) is 5.67. The van der Waals surface area contributed by atoms with E-state index in [9.17, 15) is 9.18 Å². The van der Waals surface area contributed by atoms with Crippen LogP contribution in [0, 0.1) is 12.7 Å². The zero-order valence-electron chi connectivity index (χ0n) is 20.6. The van der Waals surface area contributed by atoms with E-state index in [0.29, 0.717) is 46.7 Å². The summed E-state index contributed by atoms with van der Waals surface area (Å²) in [6.45, 7) is 3.91. The van der Waals surface area contributed by atoms with Gasteiger partial charge >= 0.3 is 0 Å². The number of nitrogens with one attached hydrogen (secondary N) is 1. The molecule has 1 amide bonds. The number of anilines is 1. The van der Waals surface area contributed by atoms with Crippen molar-refractivity contribution in [2.45, 2.75) is 20.3 Å². The number of carbonyl (C=O) groups is 1. The molecule has 0 unspecified atom stereocenters. The van der Waals surface area contributed by atoms with Gasteiger partial charge in [-0.1, -0.05) is 17.2 Å². The van der Waals surface area contributed by atoms with Gasteiger partial charge in [0.05, 0.1) is 39.1 Å². The van der Waals surface area contributed by atoms with Crippen molar-refractivity contribution in [1.29, 1.82) is 0 Å². The molecule has 0 saturated carbocycles. The molecule has 190 valence electrons. The molecule has 0 spiro atoms. The maximum atomic E-state index is 14.7. The molecule has 3 rings (SSSR count). The van der Waals surface area contributed by atoms with E-state index in [1.807, 2.05) is 6.08 Å². The summed E-state index contributed by atoms with van der Waals surface area (Å²) in [7, 11) is 4.58. The van der Waals surface area contributed by atoms with Crippen LogP contribution in [0.15, 0.2) is 54.1 Å². The topological polar surface area (TPSA) is 105 Å². The van der Waals surface area contributed by atoms with Crippen LogP contribution in [0.4, 0.5) is 9.52 Å². The fourth-order valence-electron chi connectivity index (χ4n) is 3.20. The number of amides is 1. The van der Waals surface area contributed by atoms with E-state index < -0.39 is 11.7 Å². The van der Waals surface area contributed by atoms with E-state index in [2.05, 4.69) is 20.5 Å². The van der Waals surface area contributed by atoms with Crippen molar-refractivity contribution in [3.8, 4) is 22.1 Å². The maximum Gasteiger partial charge on any atom is 0.295 e. The van der Waals surface area contributed by atoms with Gasteiger partial charge in [0.15, 0.2) is 5.76 Å². The summed E-state index contributed by atoms with van der Waals surface area (Å²) in [5, 5.41) is 11.1. The number of allylic oxidation sites excluding steroid dienone is 2. The number of benzene rings is 1. The molecule has 2 aromatic heterocycles. The van der Waals surface area contributed by atoms with E-state index >= 15 is 0 Å². The quantitative estimate of drug-likeness (QED) is 0.213. The Morgan fingerprint density at radius 2 is 2.00 bits per heavy atom. The minimum atomic E-state index is -0.514. The van der Waals surface area contributed by atoms with Gasteiger partial charge in [-0.15, -0.1) is 5.10 Å². The number of hydrogen-bond donors (Lipinski definition) is 1. The van der Waals surface area contributed by atoms with Crippen molar-refractivity contribution in [3.63, 3.8) is 0 Å². The fraction of sp³-hybridized carbons (Fsp3) is 0.280.